The number of rotatable bonds is 3. The number of aryl methyl sites for hydroxylation is 1. The molecule has 2 atom stereocenters. The fourth-order valence-corrected chi connectivity index (χ4v) is 3.02. The summed E-state index contributed by atoms with van der Waals surface area (Å²) in [5, 5.41) is 3.62. The molecule has 3 heteroatoms. The molecule has 1 saturated heterocycles. The van der Waals surface area contributed by atoms with Crippen molar-refractivity contribution in [1.82, 2.24) is 14.9 Å². The zero-order chi connectivity index (χ0) is 13.9. The highest BCUT2D eigenvalue weighted by Gasteiger charge is 2.20. The van der Waals surface area contributed by atoms with E-state index in [0.29, 0.717) is 12.1 Å². The van der Waals surface area contributed by atoms with Crippen molar-refractivity contribution in [2.75, 3.05) is 6.54 Å². The van der Waals surface area contributed by atoms with E-state index in [4.69, 9.17) is 0 Å². The minimum atomic E-state index is 0.330. The first-order valence-electron chi connectivity index (χ1n) is 7.57. The van der Waals surface area contributed by atoms with Crippen LogP contribution in [0.5, 0.6) is 0 Å². The summed E-state index contributed by atoms with van der Waals surface area (Å²) in [6.45, 7) is 5.50. The molecule has 2 unspecified atom stereocenters. The van der Waals surface area contributed by atoms with Crippen LogP contribution >= 0.6 is 0 Å². The fourth-order valence-electron chi connectivity index (χ4n) is 3.02. The molecule has 3 rings (SSSR count). The molecule has 0 saturated carbocycles. The van der Waals surface area contributed by atoms with Gasteiger partial charge in [0.25, 0.3) is 0 Å². The standard InChI is InChI=1S/C17H23N3/c1-13-6-8-15(9-7-13)14(2)20-12-18-11-17(20)16-5-3-4-10-19-16/h6-9,11-12,14,16,19H,3-5,10H2,1-2H3. The van der Waals surface area contributed by atoms with E-state index in [1.54, 1.807) is 0 Å². The van der Waals surface area contributed by atoms with Gasteiger partial charge in [0.15, 0.2) is 0 Å². The zero-order valence-corrected chi connectivity index (χ0v) is 12.3. The first-order valence-corrected chi connectivity index (χ1v) is 7.57. The second-order valence-corrected chi connectivity index (χ2v) is 5.81. The van der Waals surface area contributed by atoms with Crippen molar-refractivity contribution in [1.29, 1.82) is 0 Å². The van der Waals surface area contributed by atoms with Crippen LogP contribution in [0.2, 0.25) is 0 Å². The van der Waals surface area contributed by atoms with E-state index in [0.717, 1.165) is 6.54 Å². The molecule has 1 aliphatic rings. The lowest BCUT2D eigenvalue weighted by atomic mass is 10.0. The van der Waals surface area contributed by atoms with Gasteiger partial charge in [0.1, 0.15) is 0 Å². The van der Waals surface area contributed by atoms with Crippen LogP contribution in [0, 0.1) is 6.92 Å². The average molecular weight is 269 g/mol. The van der Waals surface area contributed by atoms with Gasteiger partial charge >= 0.3 is 0 Å². The van der Waals surface area contributed by atoms with Gasteiger partial charge < -0.3 is 9.88 Å². The normalized spacial score (nSPS) is 20.8. The Labute approximate surface area is 121 Å². The van der Waals surface area contributed by atoms with E-state index in [-0.39, 0.29) is 0 Å². The highest BCUT2D eigenvalue weighted by atomic mass is 15.1. The highest BCUT2D eigenvalue weighted by Crippen LogP contribution is 2.27. The minimum Gasteiger partial charge on any atom is -0.326 e. The Hall–Kier alpha value is -1.61. The van der Waals surface area contributed by atoms with Crippen molar-refractivity contribution >= 4 is 0 Å². The SMILES string of the molecule is Cc1ccc(C(C)n2cncc2C2CCCCN2)cc1. The number of aromatic nitrogens is 2. The number of nitrogens with zero attached hydrogens (tertiary/aromatic N) is 2. The Morgan fingerprint density at radius 3 is 2.75 bits per heavy atom. The monoisotopic (exact) mass is 269 g/mol. The maximum atomic E-state index is 4.38. The number of hydrogen-bond donors (Lipinski definition) is 1. The lowest BCUT2D eigenvalue weighted by Crippen LogP contribution is -2.29. The summed E-state index contributed by atoms with van der Waals surface area (Å²) in [4.78, 5) is 4.38. The van der Waals surface area contributed by atoms with Gasteiger partial charge in [-0.2, -0.15) is 0 Å². The minimum absolute atomic E-state index is 0.330. The van der Waals surface area contributed by atoms with Gasteiger partial charge in [0.2, 0.25) is 0 Å². The van der Waals surface area contributed by atoms with Crippen LogP contribution in [-0.2, 0) is 0 Å². The molecular weight excluding hydrogens is 246 g/mol. The molecule has 0 amide bonds. The molecule has 0 bridgehead atoms. The molecule has 2 heterocycles. The Balaban J connectivity index is 1.86. The largest absolute Gasteiger partial charge is 0.326 e. The van der Waals surface area contributed by atoms with Crippen LogP contribution in [-0.4, -0.2) is 16.1 Å². The Morgan fingerprint density at radius 1 is 1.25 bits per heavy atom. The molecule has 1 N–H and O–H groups in total. The number of hydrogen-bond acceptors (Lipinski definition) is 2. The number of nitrogens with one attached hydrogen (secondary N) is 1. The first kappa shape index (κ1) is 13.4. The van der Waals surface area contributed by atoms with Crippen molar-refractivity contribution in [2.24, 2.45) is 0 Å². The molecule has 0 aliphatic carbocycles. The van der Waals surface area contributed by atoms with Crippen LogP contribution in [0.4, 0.5) is 0 Å². The number of imidazole rings is 1. The smallest absolute Gasteiger partial charge is 0.0954 e. The zero-order valence-electron chi connectivity index (χ0n) is 12.3. The molecule has 1 aromatic carbocycles. The summed E-state index contributed by atoms with van der Waals surface area (Å²) >= 11 is 0. The third-order valence-electron chi connectivity index (χ3n) is 4.34. The van der Waals surface area contributed by atoms with E-state index in [2.05, 4.69) is 53.0 Å². The third-order valence-corrected chi connectivity index (χ3v) is 4.34. The van der Waals surface area contributed by atoms with Gasteiger partial charge in [-0.15, -0.1) is 0 Å². The Kier molecular flexibility index (Phi) is 3.88. The Morgan fingerprint density at radius 2 is 2.05 bits per heavy atom. The summed E-state index contributed by atoms with van der Waals surface area (Å²) in [5.41, 5.74) is 3.96. The van der Waals surface area contributed by atoms with Crippen molar-refractivity contribution < 1.29 is 0 Å². The van der Waals surface area contributed by atoms with Gasteiger partial charge in [0.05, 0.1) is 18.1 Å². The van der Waals surface area contributed by atoms with Crippen molar-refractivity contribution in [2.45, 2.75) is 45.2 Å². The summed E-state index contributed by atoms with van der Waals surface area (Å²) in [7, 11) is 0. The van der Waals surface area contributed by atoms with E-state index in [9.17, 15) is 0 Å². The van der Waals surface area contributed by atoms with Gasteiger partial charge in [-0.25, -0.2) is 4.98 Å². The second-order valence-electron chi connectivity index (χ2n) is 5.81. The molecule has 20 heavy (non-hydrogen) atoms. The summed E-state index contributed by atoms with van der Waals surface area (Å²) in [6, 6.07) is 9.59. The van der Waals surface area contributed by atoms with Crippen molar-refractivity contribution in [3.63, 3.8) is 0 Å². The maximum Gasteiger partial charge on any atom is 0.0954 e. The van der Waals surface area contributed by atoms with Gasteiger partial charge in [-0.1, -0.05) is 36.2 Å². The summed E-state index contributed by atoms with van der Waals surface area (Å²) in [5.74, 6) is 0. The molecule has 1 aliphatic heterocycles. The predicted molar refractivity (Wildman–Crippen MR) is 81.8 cm³/mol. The Bertz CT molecular complexity index is 550. The lowest BCUT2D eigenvalue weighted by Gasteiger charge is -2.26. The quantitative estimate of drug-likeness (QED) is 0.922. The average Bonchev–Trinajstić information content (AvgIpc) is 2.97. The van der Waals surface area contributed by atoms with Gasteiger partial charge in [-0.05, 0) is 38.8 Å². The van der Waals surface area contributed by atoms with Crippen LogP contribution in [0.25, 0.3) is 0 Å². The summed E-state index contributed by atoms with van der Waals surface area (Å²) in [6.07, 6.45) is 7.80. The molecule has 2 aromatic rings. The van der Waals surface area contributed by atoms with E-state index >= 15 is 0 Å². The van der Waals surface area contributed by atoms with Crippen LogP contribution in [0.3, 0.4) is 0 Å². The molecule has 1 aromatic heterocycles. The number of piperidine rings is 1. The predicted octanol–water partition coefficient (Wildman–Crippen LogP) is 3.62. The maximum absolute atomic E-state index is 4.38. The first-order chi connectivity index (χ1) is 9.75. The second kappa shape index (κ2) is 5.80. The molecule has 106 valence electrons. The van der Waals surface area contributed by atoms with Gasteiger partial charge in [0, 0.05) is 12.2 Å². The third kappa shape index (κ3) is 2.63. The number of benzene rings is 1. The van der Waals surface area contributed by atoms with Crippen molar-refractivity contribution in [3.8, 4) is 0 Å². The van der Waals surface area contributed by atoms with Crippen LogP contribution in [0.1, 0.15) is 55.1 Å². The van der Waals surface area contributed by atoms with E-state index in [1.807, 2.05) is 12.5 Å². The summed E-state index contributed by atoms with van der Waals surface area (Å²) < 4.78 is 2.31. The van der Waals surface area contributed by atoms with Crippen LogP contribution in [0.15, 0.2) is 36.8 Å². The fraction of sp³-hybridized carbons (Fsp3) is 0.471. The molecule has 0 radical (unpaired) electrons. The molecule has 0 spiro atoms. The van der Waals surface area contributed by atoms with Crippen molar-refractivity contribution in [3.05, 3.63) is 53.6 Å². The topological polar surface area (TPSA) is 29.9 Å². The lowest BCUT2D eigenvalue weighted by molar-refractivity contribution is 0.389. The highest BCUT2D eigenvalue weighted by molar-refractivity contribution is 5.25. The van der Waals surface area contributed by atoms with E-state index in [1.165, 1.54) is 36.1 Å². The van der Waals surface area contributed by atoms with Gasteiger partial charge in [-0.3, -0.25) is 0 Å². The molecular formula is C17H23N3. The molecule has 1 fully saturated rings. The molecule has 3 nitrogen and oxygen atoms in total. The van der Waals surface area contributed by atoms with E-state index < -0.39 is 0 Å². The van der Waals surface area contributed by atoms with Crippen LogP contribution < -0.4 is 5.32 Å².